The predicted octanol–water partition coefficient (Wildman–Crippen LogP) is 0.662. The van der Waals surface area contributed by atoms with Crippen LogP contribution in [0.5, 0.6) is 0 Å². The van der Waals surface area contributed by atoms with Gasteiger partial charge in [-0.15, -0.1) is 0 Å². The molecule has 0 radical (unpaired) electrons. The summed E-state index contributed by atoms with van der Waals surface area (Å²) < 4.78 is 0. The molecular weight excluding hydrogens is 158 g/mol. The second-order valence-corrected chi connectivity index (χ2v) is 3.58. The molecule has 0 aliphatic heterocycles. The maximum Gasteiger partial charge on any atom is 0.188 e. The van der Waals surface area contributed by atoms with Gasteiger partial charge in [0.25, 0.3) is 0 Å². The lowest BCUT2D eigenvalue weighted by Crippen LogP contribution is -2.31. The van der Waals surface area contributed by atoms with Gasteiger partial charge in [0.05, 0.1) is 6.54 Å². The summed E-state index contributed by atoms with van der Waals surface area (Å²) in [6.45, 7) is 5.76. The molecule has 66 valence electrons. The fourth-order valence-electron chi connectivity index (χ4n) is 0.538. The highest BCUT2D eigenvalue weighted by Gasteiger charge is 1.96. The third-order valence-electron chi connectivity index (χ3n) is 1.28. The Labute approximate surface area is 72.8 Å². The van der Waals surface area contributed by atoms with Gasteiger partial charge in [-0.2, -0.15) is 11.8 Å². The molecule has 3 N–H and O–H groups in total. The Kier molecular flexibility index (Phi) is 6.12. The molecule has 11 heavy (non-hydrogen) atoms. The zero-order chi connectivity index (χ0) is 8.69. The fraction of sp³-hybridized carbons (Fsp3) is 0.857. The van der Waals surface area contributed by atoms with Gasteiger partial charge in [0.15, 0.2) is 5.96 Å². The summed E-state index contributed by atoms with van der Waals surface area (Å²) in [7, 11) is 0. The van der Waals surface area contributed by atoms with Crippen LogP contribution in [0.2, 0.25) is 0 Å². The highest BCUT2D eigenvalue weighted by Crippen LogP contribution is 2.03. The topological polar surface area (TPSA) is 50.4 Å². The minimum absolute atomic E-state index is 0.548. The minimum Gasteiger partial charge on any atom is -0.370 e. The van der Waals surface area contributed by atoms with Gasteiger partial charge in [-0.05, 0) is 13.2 Å². The molecule has 0 rings (SSSR count). The Hall–Kier alpha value is -0.380. The summed E-state index contributed by atoms with van der Waals surface area (Å²) in [5, 5.41) is 3.49. The van der Waals surface area contributed by atoms with Crippen LogP contribution in [-0.4, -0.2) is 30.6 Å². The van der Waals surface area contributed by atoms with E-state index in [1.165, 1.54) is 0 Å². The number of nitrogens with two attached hydrogens (primary N) is 1. The first-order chi connectivity index (χ1) is 5.20. The number of nitrogens with one attached hydrogen (secondary N) is 1. The van der Waals surface area contributed by atoms with E-state index >= 15 is 0 Å². The Bertz CT molecular complexity index is 125. The molecule has 0 aliphatic rings. The number of nitrogens with zero attached hydrogens (tertiary/aromatic N) is 1. The quantitative estimate of drug-likeness (QED) is 0.487. The first kappa shape index (κ1) is 10.6. The van der Waals surface area contributed by atoms with Gasteiger partial charge in [-0.1, -0.05) is 6.92 Å². The second kappa shape index (κ2) is 6.34. The minimum atomic E-state index is 0.548. The first-order valence-corrected chi connectivity index (χ1v) is 5.06. The van der Waals surface area contributed by atoms with Crippen molar-refractivity contribution in [3.8, 4) is 0 Å². The zero-order valence-corrected chi connectivity index (χ0v) is 8.24. The monoisotopic (exact) mass is 175 g/mol. The van der Waals surface area contributed by atoms with Gasteiger partial charge in [0.2, 0.25) is 0 Å². The number of hydrogen-bond donors (Lipinski definition) is 2. The SMILES string of the molecule is CCNC(N)=NCC(C)SC. The molecule has 0 aromatic heterocycles. The lowest BCUT2D eigenvalue weighted by Gasteiger charge is -2.05. The van der Waals surface area contributed by atoms with Gasteiger partial charge in [-0.25, -0.2) is 0 Å². The van der Waals surface area contributed by atoms with E-state index in [0.29, 0.717) is 11.2 Å². The molecule has 0 spiro atoms. The maximum absolute atomic E-state index is 5.52. The van der Waals surface area contributed by atoms with Crippen LogP contribution in [0.4, 0.5) is 0 Å². The largest absolute Gasteiger partial charge is 0.370 e. The van der Waals surface area contributed by atoms with Gasteiger partial charge >= 0.3 is 0 Å². The molecular formula is C7H17N3S. The highest BCUT2D eigenvalue weighted by molar-refractivity contribution is 7.99. The fourth-order valence-corrected chi connectivity index (χ4v) is 0.762. The average Bonchev–Trinajstić information content (AvgIpc) is 2.01. The van der Waals surface area contributed by atoms with Crippen LogP contribution in [0.25, 0.3) is 0 Å². The van der Waals surface area contributed by atoms with Crippen LogP contribution in [0.15, 0.2) is 4.99 Å². The van der Waals surface area contributed by atoms with E-state index in [1.807, 2.05) is 6.92 Å². The van der Waals surface area contributed by atoms with Crippen molar-refractivity contribution in [3.05, 3.63) is 0 Å². The Morgan fingerprint density at radius 1 is 1.73 bits per heavy atom. The Morgan fingerprint density at radius 2 is 2.36 bits per heavy atom. The standard InChI is InChI=1S/C7H17N3S/c1-4-9-7(8)10-5-6(2)11-3/h6H,4-5H2,1-3H3,(H3,8,9,10). The number of hydrogen-bond acceptors (Lipinski definition) is 2. The lowest BCUT2D eigenvalue weighted by molar-refractivity contribution is 0.900. The van der Waals surface area contributed by atoms with Crippen molar-refractivity contribution >= 4 is 17.7 Å². The van der Waals surface area contributed by atoms with E-state index in [4.69, 9.17) is 5.73 Å². The van der Waals surface area contributed by atoms with Crippen LogP contribution in [0.3, 0.4) is 0 Å². The second-order valence-electron chi connectivity index (χ2n) is 2.30. The first-order valence-electron chi connectivity index (χ1n) is 3.77. The van der Waals surface area contributed by atoms with Gasteiger partial charge in [0, 0.05) is 11.8 Å². The molecule has 0 fully saturated rings. The summed E-state index contributed by atoms with van der Waals surface area (Å²) in [4.78, 5) is 4.15. The molecule has 0 aliphatic carbocycles. The summed E-state index contributed by atoms with van der Waals surface area (Å²) in [6, 6.07) is 0. The number of guanidine groups is 1. The lowest BCUT2D eigenvalue weighted by atomic mass is 10.5. The molecule has 0 heterocycles. The number of thioether (sulfide) groups is 1. The maximum atomic E-state index is 5.52. The molecule has 3 nitrogen and oxygen atoms in total. The Morgan fingerprint density at radius 3 is 2.82 bits per heavy atom. The number of rotatable bonds is 4. The van der Waals surface area contributed by atoms with Crippen LogP contribution < -0.4 is 11.1 Å². The van der Waals surface area contributed by atoms with Crippen LogP contribution in [-0.2, 0) is 0 Å². The molecule has 0 amide bonds. The highest BCUT2D eigenvalue weighted by atomic mass is 32.2. The normalized spacial score (nSPS) is 14.6. The third-order valence-corrected chi connectivity index (χ3v) is 2.23. The van der Waals surface area contributed by atoms with E-state index in [-0.39, 0.29) is 0 Å². The summed E-state index contributed by atoms with van der Waals surface area (Å²) in [5.74, 6) is 0.549. The van der Waals surface area contributed by atoms with E-state index in [9.17, 15) is 0 Å². The number of aliphatic imine (C=N–C) groups is 1. The van der Waals surface area contributed by atoms with Gasteiger partial charge in [0.1, 0.15) is 0 Å². The molecule has 4 heteroatoms. The molecule has 0 aromatic carbocycles. The molecule has 0 aromatic rings. The smallest absolute Gasteiger partial charge is 0.188 e. The summed E-state index contributed by atoms with van der Waals surface area (Å²) >= 11 is 1.79. The van der Waals surface area contributed by atoms with Gasteiger partial charge < -0.3 is 11.1 Å². The van der Waals surface area contributed by atoms with E-state index in [2.05, 4.69) is 23.5 Å². The summed E-state index contributed by atoms with van der Waals surface area (Å²) in [6.07, 6.45) is 2.07. The van der Waals surface area contributed by atoms with Crippen molar-refractivity contribution in [2.45, 2.75) is 19.1 Å². The average molecular weight is 175 g/mol. The van der Waals surface area contributed by atoms with Crippen LogP contribution >= 0.6 is 11.8 Å². The Balaban J connectivity index is 3.54. The molecule has 1 atom stereocenters. The van der Waals surface area contributed by atoms with Crippen molar-refractivity contribution in [1.82, 2.24) is 5.32 Å². The van der Waals surface area contributed by atoms with Crippen molar-refractivity contribution in [2.75, 3.05) is 19.3 Å². The molecule has 0 saturated heterocycles. The van der Waals surface area contributed by atoms with E-state index in [0.717, 1.165) is 13.1 Å². The molecule has 0 bridgehead atoms. The van der Waals surface area contributed by atoms with Crippen molar-refractivity contribution in [2.24, 2.45) is 10.7 Å². The molecule has 0 saturated carbocycles. The third kappa shape index (κ3) is 6.04. The van der Waals surface area contributed by atoms with E-state index < -0.39 is 0 Å². The van der Waals surface area contributed by atoms with Gasteiger partial charge in [-0.3, -0.25) is 4.99 Å². The molecule has 1 unspecified atom stereocenters. The van der Waals surface area contributed by atoms with Crippen LogP contribution in [0, 0.1) is 0 Å². The van der Waals surface area contributed by atoms with Crippen LogP contribution in [0.1, 0.15) is 13.8 Å². The van der Waals surface area contributed by atoms with E-state index in [1.54, 1.807) is 11.8 Å². The van der Waals surface area contributed by atoms with Crippen molar-refractivity contribution in [3.63, 3.8) is 0 Å². The van der Waals surface area contributed by atoms with Crippen molar-refractivity contribution < 1.29 is 0 Å². The zero-order valence-electron chi connectivity index (χ0n) is 7.42. The van der Waals surface area contributed by atoms with Crippen molar-refractivity contribution in [1.29, 1.82) is 0 Å². The summed E-state index contributed by atoms with van der Waals surface area (Å²) in [5.41, 5.74) is 5.52. The predicted molar refractivity (Wildman–Crippen MR) is 53.1 cm³/mol.